The van der Waals surface area contributed by atoms with Crippen molar-refractivity contribution in [3.8, 4) is 0 Å². The van der Waals surface area contributed by atoms with Crippen molar-refractivity contribution in [1.29, 1.82) is 0 Å². The number of aryl methyl sites for hydroxylation is 1. The van der Waals surface area contributed by atoms with Crippen LogP contribution >= 0.6 is 0 Å². The molecular weight excluding hydrogens is 372 g/mol. The van der Waals surface area contributed by atoms with Gasteiger partial charge in [-0.25, -0.2) is 9.97 Å². The second-order valence-corrected chi connectivity index (χ2v) is 9.95. The van der Waals surface area contributed by atoms with Crippen molar-refractivity contribution in [2.45, 2.75) is 104 Å². The van der Waals surface area contributed by atoms with Crippen LogP contribution in [0.25, 0.3) is 0 Å². The third kappa shape index (κ3) is 5.60. The zero-order valence-electron chi connectivity index (χ0n) is 19.8. The molecule has 5 heteroatoms. The van der Waals surface area contributed by atoms with Crippen molar-refractivity contribution < 1.29 is 4.79 Å². The molecule has 2 bridgehead atoms. The van der Waals surface area contributed by atoms with E-state index in [2.05, 4.69) is 47.5 Å². The predicted octanol–water partition coefficient (Wildman–Crippen LogP) is 5.03. The number of carbonyl (C=O) groups excluding carboxylic acids is 1. The molecule has 1 aromatic rings. The summed E-state index contributed by atoms with van der Waals surface area (Å²) in [6.07, 6.45) is 13.6. The molecule has 1 aromatic heterocycles. The highest BCUT2D eigenvalue weighted by atomic mass is 16.1. The van der Waals surface area contributed by atoms with Gasteiger partial charge in [0.1, 0.15) is 5.78 Å². The number of hydrogen-bond acceptors (Lipinski definition) is 5. The Kier molecular flexibility index (Phi) is 8.27. The second-order valence-electron chi connectivity index (χ2n) is 9.95. The van der Waals surface area contributed by atoms with Gasteiger partial charge in [0, 0.05) is 55.4 Å². The molecule has 1 aliphatic carbocycles. The molecule has 4 rings (SSSR count). The molecule has 0 radical (unpaired) electrons. The zero-order valence-corrected chi connectivity index (χ0v) is 19.8. The maximum Gasteiger partial charge on any atom is 0.225 e. The van der Waals surface area contributed by atoms with Crippen molar-refractivity contribution >= 4 is 11.7 Å². The van der Waals surface area contributed by atoms with E-state index in [1.165, 1.54) is 32.1 Å². The maximum absolute atomic E-state index is 11.7. The number of fused-ring (bicyclic) bond motifs is 2. The van der Waals surface area contributed by atoms with Gasteiger partial charge in [-0.1, -0.05) is 33.1 Å². The first-order valence-corrected chi connectivity index (χ1v) is 12.2. The lowest BCUT2D eigenvalue weighted by molar-refractivity contribution is -0.127. The minimum absolute atomic E-state index is 0.299. The highest BCUT2D eigenvalue weighted by Gasteiger charge is 2.41. The average Bonchev–Trinajstić information content (AvgIpc) is 3.03. The van der Waals surface area contributed by atoms with Gasteiger partial charge in [-0.05, 0) is 58.4 Å². The molecule has 0 amide bonds. The number of nitrogens with zero attached hydrogens (tertiary/aromatic N) is 4. The molecule has 3 aliphatic rings. The summed E-state index contributed by atoms with van der Waals surface area (Å²) in [6.45, 7) is 13.1. The topological polar surface area (TPSA) is 49.3 Å². The summed E-state index contributed by atoms with van der Waals surface area (Å²) in [5.74, 6) is 2.16. The third-order valence-electron chi connectivity index (χ3n) is 7.34. The highest BCUT2D eigenvalue weighted by Crippen LogP contribution is 2.33. The summed E-state index contributed by atoms with van der Waals surface area (Å²) < 4.78 is 0. The van der Waals surface area contributed by atoms with Crippen molar-refractivity contribution in [2.75, 3.05) is 18.0 Å². The molecule has 0 spiro atoms. The number of hydrogen-bond donors (Lipinski definition) is 0. The Labute approximate surface area is 183 Å². The first-order valence-electron chi connectivity index (χ1n) is 12.2. The van der Waals surface area contributed by atoms with E-state index in [-0.39, 0.29) is 0 Å². The molecule has 3 atom stereocenters. The van der Waals surface area contributed by atoms with Crippen LogP contribution in [0.5, 0.6) is 0 Å². The molecule has 0 aromatic carbocycles. The molecule has 168 valence electrons. The van der Waals surface area contributed by atoms with Crippen LogP contribution < -0.4 is 4.90 Å². The van der Waals surface area contributed by atoms with Crippen LogP contribution in [-0.4, -0.2) is 51.9 Å². The Morgan fingerprint density at radius 3 is 2.07 bits per heavy atom. The Hall–Kier alpha value is -1.49. The van der Waals surface area contributed by atoms with Gasteiger partial charge in [0.25, 0.3) is 0 Å². The predicted molar refractivity (Wildman–Crippen MR) is 124 cm³/mol. The van der Waals surface area contributed by atoms with Crippen LogP contribution in [-0.2, 0) is 4.79 Å². The summed E-state index contributed by atoms with van der Waals surface area (Å²) in [4.78, 5) is 25.8. The van der Waals surface area contributed by atoms with Gasteiger partial charge in [0.05, 0.1) is 0 Å². The van der Waals surface area contributed by atoms with Gasteiger partial charge in [-0.3, -0.25) is 9.69 Å². The molecule has 2 aliphatic heterocycles. The van der Waals surface area contributed by atoms with Crippen LogP contribution in [0, 0.1) is 18.8 Å². The summed E-state index contributed by atoms with van der Waals surface area (Å²) >= 11 is 0. The second kappa shape index (κ2) is 10.7. The quantitative estimate of drug-likeness (QED) is 0.676. The normalized spacial score (nSPS) is 25.7. The lowest BCUT2D eigenvalue weighted by Gasteiger charge is -2.42. The van der Waals surface area contributed by atoms with Gasteiger partial charge in [0.15, 0.2) is 0 Å². The van der Waals surface area contributed by atoms with Gasteiger partial charge in [-0.2, -0.15) is 0 Å². The smallest absolute Gasteiger partial charge is 0.225 e. The standard InChI is InChI=1S/C14H22N4.C11H20O/c1-10(2)17-8-12-4-5-13(9-17)18(12)14-15-6-11(3)7-16-14;1-3-9(2)11(12)10-7-5-4-6-8-10/h6-7,10,12-13H,4-5,8-9H2,1-3H3;9-10H,3-8H2,1-2H3. The van der Waals surface area contributed by atoms with Crippen molar-refractivity contribution in [1.82, 2.24) is 14.9 Å². The van der Waals surface area contributed by atoms with Crippen molar-refractivity contribution in [2.24, 2.45) is 11.8 Å². The monoisotopic (exact) mass is 414 g/mol. The van der Waals surface area contributed by atoms with E-state index in [1.807, 2.05) is 19.3 Å². The summed E-state index contributed by atoms with van der Waals surface area (Å²) in [5.41, 5.74) is 1.13. The zero-order chi connectivity index (χ0) is 21.7. The number of anilines is 1. The van der Waals surface area contributed by atoms with E-state index in [1.54, 1.807) is 0 Å². The fourth-order valence-electron chi connectivity index (χ4n) is 5.19. The van der Waals surface area contributed by atoms with E-state index >= 15 is 0 Å². The minimum atomic E-state index is 0.299. The maximum atomic E-state index is 11.7. The van der Waals surface area contributed by atoms with Crippen LogP contribution in [0.15, 0.2) is 12.4 Å². The van der Waals surface area contributed by atoms with Crippen LogP contribution in [0.2, 0.25) is 0 Å². The summed E-state index contributed by atoms with van der Waals surface area (Å²) in [7, 11) is 0. The third-order valence-corrected chi connectivity index (χ3v) is 7.34. The first-order chi connectivity index (χ1) is 14.4. The van der Waals surface area contributed by atoms with Gasteiger partial charge in [0.2, 0.25) is 5.95 Å². The number of piperazine rings is 1. The van der Waals surface area contributed by atoms with E-state index in [0.29, 0.717) is 35.7 Å². The lowest BCUT2D eigenvalue weighted by atomic mass is 9.81. The van der Waals surface area contributed by atoms with Crippen molar-refractivity contribution in [3.05, 3.63) is 18.0 Å². The largest absolute Gasteiger partial charge is 0.332 e. The van der Waals surface area contributed by atoms with E-state index in [9.17, 15) is 4.79 Å². The van der Waals surface area contributed by atoms with E-state index in [0.717, 1.165) is 43.9 Å². The Morgan fingerprint density at radius 1 is 1.00 bits per heavy atom. The summed E-state index contributed by atoms with van der Waals surface area (Å²) in [5, 5.41) is 0. The molecule has 5 nitrogen and oxygen atoms in total. The number of carbonyl (C=O) groups is 1. The van der Waals surface area contributed by atoms with Gasteiger partial charge < -0.3 is 4.90 Å². The number of likely N-dealkylation sites (tertiary alicyclic amines) is 1. The summed E-state index contributed by atoms with van der Waals surface area (Å²) in [6, 6.07) is 1.86. The lowest BCUT2D eigenvalue weighted by Crippen LogP contribution is -2.56. The number of Topliss-reactive ketones (excluding diaryl/α,β-unsaturated/α-hetero) is 1. The fourth-order valence-corrected chi connectivity index (χ4v) is 5.19. The number of aromatic nitrogens is 2. The molecule has 3 heterocycles. The van der Waals surface area contributed by atoms with Gasteiger partial charge in [-0.15, -0.1) is 0 Å². The number of ketones is 1. The van der Waals surface area contributed by atoms with Gasteiger partial charge >= 0.3 is 0 Å². The van der Waals surface area contributed by atoms with E-state index < -0.39 is 0 Å². The molecule has 2 saturated heterocycles. The Balaban J connectivity index is 0.000000187. The van der Waals surface area contributed by atoms with E-state index in [4.69, 9.17) is 0 Å². The Morgan fingerprint density at radius 2 is 1.57 bits per heavy atom. The number of rotatable bonds is 5. The molecule has 0 N–H and O–H groups in total. The molecule has 1 saturated carbocycles. The SMILES string of the molecule is CCC(C)C(=O)C1CCCCC1.Cc1cnc(N2C3CCC2CN(C(C)C)C3)nc1. The first kappa shape index (κ1) is 23.2. The van der Waals surface area contributed by atoms with Crippen LogP contribution in [0.4, 0.5) is 5.95 Å². The molecule has 3 fully saturated rings. The Bertz CT molecular complexity index is 654. The average molecular weight is 415 g/mol. The molecule has 3 unspecified atom stereocenters. The minimum Gasteiger partial charge on any atom is -0.332 e. The van der Waals surface area contributed by atoms with Crippen molar-refractivity contribution in [3.63, 3.8) is 0 Å². The fraction of sp³-hybridized carbons (Fsp3) is 0.800. The highest BCUT2D eigenvalue weighted by molar-refractivity contribution is 5.83. The van der Waals surface area contributed by atoms with Crippen LogP contribution in [0.3, 0.4) is 0 Å². The molecule has 30 heavy (non-hydrogen) atoms. The molecular formula is C25H42N4O. The van der Waals surface area contributed by atoms with Crippen LogP contribution in [0.1, 0.15) is 84.6 Å².